The number of benzene rings is 2. The summed E-state index contributed by atoms with van der Waals surface area (Å²) in [5.41, 5.74) is -0.759. The first kappa shape index (κ1) is 29.9. The highest BCUT2D eigenvalue weighted by molar-refractivity contribution is 7.91. The van der Waals surface area contributed by atoms with Crippen molar-refractivity contribution >= 4 is 39.0 Å². The third-order valence-corrected chi connectivity index (χ3v) is 10.9. The van der Waals surface area contributed by atoms with Gasteiger partial charge in [-0.2, -0.15) is 17.5 Å². The van der Waals surface area contributed by atoms with Crippen molar-refractivity contribution in [2.45, 2.75) is 35.7 Å². The number of piperidine rings is 1. The van der Waals surface area contributed by atoms with Crippen molar-refractivity contribution in [2.24, 2.45) is 4.99 Å². The number of carbonyl (C=O) groups excluding carboxylic acids is 2. The molecular formula is C28H26F4N4O4S2. The van der Waals surface area contributed by atoms with Crippen molar-refractivity contribution in [3.8, 4) is 10.4 Å². The number of alkyl halides is 3. The van der Waals surface area contributed by atoms with Gasteiger partial charge in [-0.1, -0.05) is 6.07 Å². The van der Waals surface area contributed by atoms with E-state index in [0.717, 1.165) is 28.5 Å². The minimum atomic E-state index is -4.92. The van der Waals surface area contributed by atoms with Gasteiger partial charge in [-0.3, -0.25) is 14.6 Å². The quantitative estimate of drug-likeness (QED) is 0.418. The van der Waals surface area contributed by atoms with E-state index in [1.807, 2.05) is 6.92 Å². The molecule has 2 aromatic carbocycles. The summed E-state index contributed by atoms with van der Waals surface area (Å²) in [6, 6.07) is 10.8. The van der Waals surface area contributed by atoms with E-state index < -0.39 is 39.0 Å². The summed E-state index contributed by atoms with van der Waals surface area (Å²) < 4.78 is 81.6. The van der Waals surface area contributed by atoms with Gasteiger partial charge in [0, 0.05) is 43.2 Å². The second-order valence-corrected chi connectivity index (χ2v) is 13.6. The summed E-state index contributed by atoms with van der Waals surface area (Å²) in [7, 11) is -0.587. The average molecular weight is 623 g/mol. The predicted octanol–water partition coefficient (Wildman–Crippen LogP) is 4.68. The number of thiophene rings is 1. The molecule has 5 rings (SSSR count). The summed E-state index contributed by atoms with van der Waals surface area (Å²) in [6.07, 6.45) is -4.88. The SMILES string of the molecule is Cc1cc(C(=O)N(C)C)ccc1-c1ccc(S(=O)(=O)N2CCC3(CC2)N=C(c2ccc(F)c(C(F)(F)F)c2)NC3=O)s1. The molecule has 2 amide bonds. The number of amides is 2. The summed E-state index contributed by atoms with van der Waals surface area (Å²) in [5, 5.41) is 2.49. The minimum Gasteiger partial charge on any atom is -0.345 e. The fourth-order valence-corrected chi connectivity index (χ4v) is 8.03. The molecule has 1 saturated heterocycles. The van der Waals surface area contributed by atoms with Crippen LogP contribution in [0, 0.1) is 12.7 Å². The molecule has 0 aliphatic carbocycles. The Morgan fingerprint density at radius 1 is 1.07 bits per heavy atom. The molecule has 14 heteroatoms. The molecule has 1 fully saturated rings. The van der Waals surface area contributed by atoms with Crippen molar-refractivity contribution in [3.05, 3.63) is 76.6 Å². The van der Waals surface area contributed by atoms with Crippen LogP contribution in [0.3, 0.4) is 0 Å². The zero-order valence-corrected chi connectivity index (χ0v) is 24.4. The van der Waals surface area contributed by atoms with Crippen LogP contribution in [0.5, 0.6) is 0 Å². The van der Waals surface area contributed by atoms with Crippen molar-refractivity contribution in [3.63, 3.8) is 0 Å². The molecule has 1 aromatic heterocycles. The van der Waals surface area contributed by atoms with Crippen LogP contribution in [0.2, 0.25) is 0 Å². The molecule has 2 aliphatic heterocycles. The Hall–Kier alpha value is -3.62. The van der Waals surface area contributed by atoms with E-state index in [4.69, 9.17) is 0 Å². The van der Waals surface area contributed by atoms with Crippen molar-refractivity contribution in [1.29, 1.82) is 0 Å². The van der Waals surface area contributed by atoms with E-state index in [-0.39, 0.29) is 47.4 Å². The first-order valence-corrected chi connectivity index (χ1v) is 15.1. The van der Waals surface area contributed by atoms with Crippen molar-refractivity contribution < 1.29 is 35.6 Å². The van der Waals surface area contributed by atoms with E-state index in [2.05, 4.69) is 10.3 Å². The Kier molecular flexibility index (Phi) is 7.52. The number of aliphatic imine (C=N–C) groups is 1. The highest BCUT2D eigenvalue weighted by Gasteiger charge is 2.48. The number of nitrogens with zero attached hydrogens (tertiary/aromatic N) is 3. The molecule has 0 saturated carbocycles. The largest absolute Gasteiger partial charge is 0.419 e. The molecule has 222 valence electrons. The Balaban J connectivity index is 1.33. The summed E-state index contributed by atoms with van der Waals surface area (Å²) in [6.45, 7) is 1.78. The first-order valence-electron chi connectivity index (χ1n) is 12.8. The number of sulfonamides is 1. The molecule has 3 heterocycles. The molecule has 0 bridgehead atoms. The number of aryl methyl sites for hydroxylation is 1. The van der Waals surface area contributed by atoms with Crippen molar-refractivity contribution in [1.82, 2.24) is 14.5 Å². The number of rotatable bonds is 5. The molecule has 2 aliphatic rings. The highest BCUT2D eigenvalue weighted by Crippen LogP contribution is 2.38. The zero-order chi connectivity index (χ0) is 30.6. The molecule has 0 unspecified atom stereocenters. The van der Waals surface area contributed by atoms with Gasteiger partial charge in [0.1, 0.15) is 21.4 Å². The maximum atomic E-state index is 13.7. The number of amidine groups is 1. The zero-order valence-electron chi connectivity index (χ0n) is 22.8. The van der Waals surface area contributed by atoms with Gasteiger partial charge in [-0.05, 0) is 73.4 Å². The van der Waals surface area contributed by atoms with Crippen LogP contribution in [0.4, 0.5) is 17.6 Å². The molecule has 0 atom stereocenters. The van der Waals surface area contributed by atoms with E-state index in [1.54, 1.807) is 38.4 Å². The average Bonchev–Trinajstić information content (AvgIpc) is 3.54. The monoisotopic (exact) mass is 622 g/mol. The van der Waals surface area contributed by atoms with Gasteiger partial charge in [-0.25, -0.2) is 12.8 Å². The molecule has 1 N–H and O–H groups in total. The third-order valence-electron chi connectivity index (χ3n) is 7.40. The number of hydrogen-bond donors (Lipinski definition) is 1. The fraction of sp³-hybridized carbons (Fsp3) is 0.321. The Labute approximate surface area is 243 Å². The third kappa shape index (κ3) is 5.34. The molecule has 42 heavy (non-hydrogen) atoms. The molecule has 8 nitrogen and oxygen atoms in total. The van der Waals surface area contributed by atoms with Gasteiger partial charge in [0.05, 0.1) is 5.56 Å². The summed E-state index contributed by atoms with van der Waals surface area (Å²) in [5.74, 6) is -2.23. The van der Waals surface area contributed by atoms with E-state index >= 15 is 0 Å². The number of nitrogens with one attached hydrogen (secondary N) is 1. The van der Waals surface area contributed by atoms with E-state index in [0.29, 0.717) is 22.6 Å². The van der Waals surface area contributed by atoms with Crippen LogP contribution in [-0.4, -0.2) is 68.0 Å². The summed E-state index contributed by atoms with van der Waals surface area (Å²) >= 11 is 1.09. The van der Waals surface area contributed by atoms with Crippen molar-refractivity contribution in [2.75, 3.05) is 27.2 Å². The van der Waals surface area contributed by atoms with Crippen LogP contribution >= 0.6 is 11.3 Å². The lowest BCUT2D eigenvalue weighted by molar-refractivity contribution is -0.140. The molecule has 1 spiro atoms. The van der Waals surface area contributed by atoms with Gasteiger partial charge in [0.2, 0.25) is 0 Å². The van der Waals surface area contributed by atoms with Gasteiger partial charge < -0.3 is 10.2 Å². The lowest BCUT2D eigenvalue weighted by atomic mass is 9.89. The Bertz CT molecular complexity index is 1720. The first-order chi connectivity index (χ1) is 19.6. The number of halogens is 4. The number of hydrogen-bond acceptors (Lipinski definition) is 6. The molecule has 0 radical (unpaired) electrons. The smallest absolute Gasteiger partial charge is 0.345 e. The maximum absolute atomic E-state index is 13.7. The van der Waals surface area contributed by atoms with Crippen LogP contribution in [-0.2, 0) is 21.0 Å². The van der Waals surface area contributed by atoms with E-state index in [9.17, 15) is 35.6 Å². The highest BCUT2D eigenvalue weighted by atomic mass is 32.2. The van der Waals surface area contributed by atoms with Crippen LogP contribution in [0.25, 0.3) is 10.4 Å². The molecule has 3 aromatic rings. The Morgan fingerprint density at radius 2 is 1.76 bits per heavy atom. The van der Waals surface area contributed by atoms with E-state index in [1.165, 1.54) is 15.3 Å². The lowest BCUT2D eigenvalue weighted by Crippen LogP contribution is -2.50. The van der Waals surface area contributed by atoms with Crippen LogP contribution < -0.4 is 5.32 Å². The van der Waals surface area contributed by atoms with Gasteiger partial charge in [0.25, 0.3) is 21.8 Å². The molecular weight excluding hydrogens is 596 g/mol. The standard InChI is InChI=1S/C28H26F4N4O4S2/c1-16-14-18(25(37)35(2)3)4-6-19(16)22-8-9-23(41-22)42(39,40)36-12-10-27(11-13-36)26(38)33-24(34-27)17-5-7-21(29)20(15-17)28(30,31)32/h4-9,14-15H,10-13H2,1-3H3,(H,33,34,38). The Morgan fingerprint density at radius 3 is 2.38 bits per heavy atom. The van der Waals surface area contributed by atoms with Gasteiger partial charge >= 0.3 is 6.18 Å². The van der Waals surface area contributed by atoms with Crippen LogP contribution in [0.1, 0.15) is 39.9 Å². The number of carbonyl (C=O) groups is 2. The normalized spacial score (nSPS) is 17.3. The second kappa shape index (κ2) is 10.6. The predicted molar refractivity (Wildman–Crippen MR) is 149 cm³/mol. The second-order valence-electron chi connectivity index (χ2n) is 10.4. The van der Waals surface area contributed by atoms with Gasteiger partial charge in [0.15, 0.2) is 0 Å². The van der Waals surface area contributed by atoms with Gasteiger partial charge in [-0.15, -0.1) is 11.3 Å². The fourth-order valence-electron chi connectivity index (χ4n) is 5.04. The lowest BCUT2D eigenvalue weighted by Gasteiger charge is -2.34. The summed E-state index contributed by atoms with van der Waals surface area (Å²) in [4.78, 5) is 31.7. The minimum absolute atomic E-state index is 0.0214. The topological polar surface area (TPSA) is 99.2 Å². The maximum Gasteiger partial charge on any atom is 0.419 e. The van der Waals surface area contributed by atoms with Crippen LogP contribution in [0.15, 0.2) is 57.7 Å².